The van der Waals surface area contributed by atoms with Crippen LogP contribution in [-0.2, 0) is 34.1 Å². The summed E-state index contributed by atoms with van der Waals surface area (Å²) in [4.78, 5) is 15.3. The number of rotatable bonds is 4. The largest absolute Gasteiger partial charge is 0.416 e. The number of amides is 1. The fraction of sp³-hybridized carbons (Fsp3) is 0.480. The molecule has 2 aliphatic heterocycles. The predicted octanol–water partition coefficient (Wildman–Crippen LogP) is 4.01. The molecule has 0 aliphatic carbocycles. The third-order valence-electron chi connectivity index (χ3n) is 7.20. The molecule has 13 heteroatoms. The molecule has 1 saturated heterocycles. The minimum absolute atomic E-state index is 0.0230. The minimum Gasteiger partial charge on any atom is -0.360 e. The number of alkyl halides is 3. The standard InChI is InChI=1S/C25H28F3N5O4S/c1-16-23(17(2)37-30-16)38(35,36)32-12-8-19(9-13-32)24(34)31-10-3-11-33-21(15-31)14-22(29-33)18-4-6-20(7-5-18)25(26,27)28/h4-7,14,19H,3,8-13,15H2,1-2H3. The van der Waals surface area contributed by atoms with Crippen molar-refractivity contribution in [3.63, 3.8) is 0 Å². The summed E-state index contributed by atoms with van der Waals surface area (Å²) in [6.45, 7) is 5.09. The molecule has 3 aromatic rings. The molecule has 1 fully saturated rings. The van der Waals surface area contributed by atoms with Gasteiger partial charge >= 0.3 is 6.18 Å². The van der Waals surface area contributed by atoms with Gasteiger partial charge in [0.1, 0.15) is 10.6 Å². The van der Waals surface area contributed by atoms with Gasteiger partial charge in [0.25, 0.3) is 0 Å². The number of carbonyl (C=O) groups excluding carboxylic acids is 1. The molecule has 4 heterocycles. The van der Waals surface area contributed by atoms with E-state index in [9.17, 15) is 26.4 Å². The summed E-state index contributed by atoms with van der Waals surface area (Å²) in [5, 5.41) is 8.32. The van der Waals surface area contributed by atoms with Crippen molar-refractivity contribution >= 4 is 15.9 Å². The van der Waals surface area contributed by atoms with Crippen LogP contribution in [0.1, 0.15) is 42.0 Å². The second kappa shape index (κ2) is 9.84. The SMILES string of the molecule is Cc1noc(C)c1S(=O)(=O)N1CCC(C(=O)N2CCCn3nc(-c4ccc(C(F)(F)F)cc4)cc3C2)CC1. The lowest BCUT2D eigenvalue weighted by Crippen LogP contribution is -2.44. The Kier molecular flexibility index (Phi) is 6.84. The van der Waals surface area contributed by atoms with Crippen LogP contribution in [0.5, 0.6) is 0 Å². The first-order valence-electron chi connectivity index (χ1n) is 12.4. The summed E-state index contributed by atoms with van der Waals surface area (Å²) < 4.78 is 73.1. The van der Waals surface area contributed by atoms with Crippen molar-refractivity contribution in [2.45, 2.75) is 57.3 Å². The maximum atomic E-state index is 13.4. The molecule has 0 radical (unpaired) electrons. The van der Waals surface area contributed by atoms with Gasteiger partial charge in [-0.25, -0.2) is 8.42 Å². The van der Waals surface area contributed by atoms with Crippen LogP contribution in [-0.4, -0.2) is 58.1 Å². The molecular weight excluding hydrogens is 523 g/mol. The molecule has 1 aromatic carbocycles. The zero-order valence-electron chi connectivity index (χ0n) is 21.0. The number of benzene rings is 1. The summed E-state index contributed by atoms with van der Waals surface area (Å²) in [6, 6.07) is 6.69. The normalized spacial score (nSPS) is 17.9. The number of nitrogens with zero attached hydrogens (tertiary/aromatic N) is 5. The van der Waals surface area contributed by atoms with Crippen molar-refractivity contribution in [3.8, 4) is 11.3 Å². The Labute approximate surface area is 218 Å². The summed E-state index contributed by atoms with van der Waals surface area (Å²) >= 11 is 0. The first kappa shape index (κ1) is 26.4. The summed E-state index contributed by atoms with van der Waals surface area (Å²) in [5.74, 6) is -0.0716. The van der Waals surface area contributed by atoms with E-state index in [2.05, 4.69) is 10.3 Å². The number of sulfonamides is 1. The molecule has 0 spiro atoms. The Morgan fingerprint density at radius 1 is 1.05 bits per heavy atom. The lowest BCUT2D eigenvalue weighted by molar-refractivity contribution is -0.138. The van der Waals surface area contributed by atoms with Crippen LogP contribution in [0.15, 0.2) is 39.8 Å². The monoisotopic (exact) mass is 551 g/mol. The molecule has 0 bridgehead atoms. The van der Waals surface area contributed by atoms with E-state index in [4.69, 9.17) is 4.52 Å². The van der Waals surface area contributed by atoms with Gasteiger partial charge in [0, 0.05) is 37.7 Å². The molecular formula is C25H28F3N5O4S. The Morgan fingerprint density at radius 2 is 1.74 bits per heavy atom. The molecule has 9 nitrogen and oxygen atoms in total. The van der Waals surface area contributed by atoms with Crippen LogP contribution in [0.25, 0.3) is 11.3 Å². The van der Waals surface area contributed by atoms with Crippen LogP contribution >= 0.6 is 0 Å². The van der Waals surface area contributed by atoms with Crippen molar-refractivity contribution < 1.29 is 30.9 Å². The van der Waals surface area contributed by atoms with Crippen LogP contribution < -0.4 is 0 Å². The van der Waals surface area contributed by atoms with Crippen molar-refractivity contribution in [1.82, 2.24) is 24.1 Å². The molecule has 5 rings (SSSR count). The molecule has 2 aromatic heterocycles. The molecule has 38 heavy (non-hydrogen) atoms. The topological polar surface area (TPSA) is 102 Å². The van der Waals surface area contributed by atoms with E-state index in [1.54, 1.807) is 23.4 Å². The van der Waals surface area contributed by atoms with Gasteiger partial charge in [0.15, 0.2) is 5.76 Å². The molecule has 1 amide bonds. The molecule has 204 valence electrons. The third-order valence-corrected chi connectivity index (χ3v) is 9.35. The summed E-state index contributed by atoms with van der Waals surface area (Å²) in [5.41, 5.74) is 1.54. The fourth-order valence-corrected chi connectivity index (χ4v) is 6.96. The van der Waals surface area contributed by atoms with Crippen LogP contribution in [0, 0.1) is 19.8 Å². The fourth-order valence-electron chi connectivity index (χ4n) is 5.19. The first-order chi connectivity index (χ1) is 17.9. The average Bonchev–Trinajstić information content (AvgIpc) is 3.38. The number of piperidine rings is 1. The number of carbonyl (C=O) groups is 1. The van der Waals surface area contributed by atoms with E-state index in [-0.39, 0.29) is 35.6 Å². The minimum atomic E-state index is -4.40. The quantitative estimate of drug-likeness (QED) is 0.486. The first-order valence-corrected chi connectivity index (χ1v) is 13.9. The summed E-state index contributed by atoms with van der Waals surface area (Å²) in [7, 11) is -3.76. The van der Waals surface area contributed by atoms with Gasteiger partial charge in [-0.3, -0.25) is 9.48 Å². The molecule has 0 N–H and O–H groups in total. The number of halogens is 3. The van der Waals surface area contributed by atoms with E-state index in [0.29, 0.717) is 55.8 Å². The van der Waals surface area contributed by atoms with Crippen molar-refractivity contribution in [2.75, 3.05) is 19.6 Å². The number of aromatic nitrogens is 3. The average molecular weight is 552 g/mol. The molecule has 0 atom stereocenters. The molecule has 2 aliphatic rings. The van der Waals surface area contributed by atoms with Gasteiger partial charge in [-0.05, 0) is 51.3 Å². The maximum Gasteiger partial charge on any atom is 0.416 e. The zero-order chi connectivity index (χ0) is 27.2. The van der Waals surface area contributed by atoms with Gasteiger partial charge in [0.05, 0.1) is 23.5 Å². The van der Waals surface area contributed by atoms with Crippen molar-refractivity contribution in [3.05, 3.63) is 53.0 Å². The maximum absolute atomic E-state index is 13.4. The van der Waals surface area contributed by atoms with Crippen LogP contribution in [0.3, 0.4) is 0 Å². The van der Waals surface area contributed by atoms with Crippen molar-refractivity contribution in [2.24, 2.45) is 5.92 Å². The Morgan fingerprint density at radius 3 is 2.34 bits per heavy atom. The van der Waals surface area contributed by atoms with E-state index in [1.807, 2.05) is 6.07 Å². The Balaban J connectivity index is 1.25. The highest BCUT2D eigenvalue weighted by atomic mass is 32.2. The van der Waals surface area contributed by atoms with E-state index in [0.717, 1.165) is 17.8 Å². The van der Waals surface area contributed by atoms with Gasteiger partial charge < -0.3 is 9.42 Å². The van der Waals surface area contributed by atoms with Crippen LogP contribution in [0.4, 0.5) is 13.2 Å². The molecule has 0 unspecified atom stereocenters. The second-order valence-corrected chi connectivity index (χ2v) is 11.6. The highest BCUT2D eigenvalue weighted by Crippen LogP contribution is 2.32. The van der Waals surface area contributed by atoms with Gasteiger partial charge in [0.2, 0.25) is 15.9 Å². The van der Waals surface area contributed by atoms with Gasteiger partial charge in [-0.2, -0.15) is 22.6 Å². The third kappa shape index (κ3) is 4.96. The highest BCUT2D eigenvalue weighted by Gasteiger charge is 2.37. The predicted molar refractivity (Wildman–Crippen MR) is 130 cm³/mol. The van der Waals surface area contributed by atoms with Gasteiger partial charge in [-0.1, -0.05) is 17.3 Å². The van der Waals surface area contributed by atoms with Gasteiger partial charge in [-0.15, -0.1) is 0 Å². The van der Waals surface area contributed by atoms with Crippen molar-refractivity contribution in [1.29, 1.82) is 0 Å². The van der Waals surface area contributed by atoms with E-state index < -0.39 is 21.8 Å². The smallest absolute Gasteiger partial charge is 0.360 e. The number of hydrogen-bond donors (Lipinski definition) is 0. The second-order valence-electron chi connectivity index (χ2n) is 9.76. The Hall–Kier alpha value is -3.19. The van der Waals surface area contributed by atoms with Crippen LogP contribution in [0.2, 0.25) is 0 Å². The lowest BCUT2D eigenvalue weighted by Gasteiger charge is -2.33. The lowest BCUT2D eigenvalue weighted by atomic mass is 9.96. The molecule has 0 saturated carbocycles. The number of aryl methyl sites for hydroxylation is 3. The van der Waals surface area contributed by atoms with E-state index in [1.165, 1.54) is 16.4 Å². The highest BCUT2D eigenvalue weighted by molar-refractivity contribution is 7.89. The number of hydrogen-bond acceptors (Lipinski definition) is 6. The number of fused-ring (bicyclic) bond motifs is 1. The summed E-state index contributed by atoms with van der Waals surface area (Å²) in [6.07, 6.45) is -2.90. The zero-order valence-corrected chi connectivity index (χ0v) is 21.8. The Bertz CT molecular complexity index is 1420. The van der Waals surface area contributed by atoms with E-state index >= 15 is 0 Å².